The molecule has 1 atom stereocenters. The quantitative estimate of drug-likeness (QED) is 0.637. The van der Waals surface area contributed by atoms with Crippen LogP contribution in [0.3, 0.4) is 0 Å². The van der Waals surface area contributed by atoms with Gasteiger partial charge in [-0.25, -0.2) is 4.98 Å². The van der Waals surface area contributed by atoms with Crippen molar-refractivity contribution in [3.63, 3.8) is 0 Å². The van der Waals surface area contributed by atoms with Gasteiger partial charge >= 0.3 is 0 Å². The van der Waals surface area contributed by atoms with Crippen LogP contribution in [0.25, 0.3) is 10.2 Å². The van der Waals surface area contributed by atoms with Crippen molar-refractivity contribution in [2.75, 3.05) is 6.54 Å². The molecule has 0 radical (unpaired) electrons. The molecule has 0 saturated heterocycles. The van der Waals surface area contributed by atoms with E-state index in [0.717, 1.165) is 37.9 Å². The maximum atomic E-state index is 12.6. The lowest BCUT2D eigenvalue weighted by Gasteiger charge is -2.35. The smallest absolute Gasteiger partial charge is 0.223 e. The molecule has 130 valence electrons. The first-order chi connectivity index (χ1) is 12.2. The van der Waals surface area contributed by atoms with Crippen LogP contribution in [0.1, 0.15) is 42.9 Å². The van der Waals surface area contributed by atoms with Crippen molar-refractivity contribution in [2.45, 2.75) is 45.2 Å². The van der Waals surface area contributed by atoms with Gasteiger partial charge in [0.1, 0.15) is 0 Å². The Kier molecular flexibility index (Phi) is 4.57. The van der Waals surface area contributed by atoms with Crippen LogP contribution in [0.2, 0.25) is 0 Å². The number of hydrogen-bond donors (Lipinski definition) is 0. The number of aryl methyl sites for hydroxylation is 1. The molecule has 0 spiro atoms. The summed E-state index contributed by atoms with van der Waals surface area (Å²) in [7, 11) is 0. The number of amides is 1. The van der Waals surface area contributed by atoms with Crippen LogP contribution < -0.4 is 0 Å². The SMILES string of the molecule is CC1c2cccn2CCN1C(=O)CCCCc1nc2ccccc2s1. The molecule has 3 aromatic rings. The summed E-state index contributed by atoms with van der Waals surface area (Å²) in [5.41, 5.74) is 2.33. The lowest BCUT2D eigenvalue weighted by atomic mass is 10.1. The topological polar surface area (TPSA) is 38.1 Å². The van der Waals surface area contributed by atoms with Crippen LogP contribution in [0.15, 0.2) is 42.6 Å². The third-order valence-electron chi connectivity index (χ3n) is 5.03. The van der Waals surface area contributed by atoms with Crippen LogP contribution >= 0.6 is 11.3 Å². The zero-order chi connectivity index (χ0) is 17.2. The Balaban J connectivity index is 1.28. The van der Waals surface area contributed by atoms with Gasteiger partial charge in [-0.2, -0.15) is 0 Å². The first-order valence-electron chi connectivity index (χ1n) is 9.01. The molecule has 2 aromatic heterocycles. The molecule has 1 aromatic carbocycles. The van der Waals surface area contributed by atoms with Crippen molar-refractivity contribution in [2.24, 2.45) is 0 Å². The Labute approximate surface area is 152 Å². The Hall–Kier alpha value is -2.14. The van der Waals surface area contributed by atoms with Gasteiger partial charge in [-0.3, -0.25) is 4.79 Å². The minimum atomic E-state index is 0.181. The van der Waals surface area contributed by atoms with E-state index in [1.165, 1.54) is 15.4 Å². The molecule has 1 amide bonds. The molecule has 1 unspecified atom stereocenters. The number of carbonyl (C=O) groups excluding carboxylic acids is 1. The van der Waals surface area contributed by atoms with Crippen molar-refractivity contribution < 1.29 is 4.79 Å². The Morgan fingerprint density at radius 3 is 2.96 bits per heavy atom. The normalized spacial score (nSPS) is 17.0. The molecule has 0 saturated carbocycles. The van der Waals surface area contributed by atoms with Gasteiger partial charge in [0.25, 0.3) is 0 Å². The molecule has 25 heavy (non-hydrogen) atoms. The summed E-state index contributed by atoms with van der Waals surface area (Å²) in [5.74, 6) is 0.282. The highest BCUT2D eigenvalue weighted by Crippen LogP contribution is 2.27. The average Bonchev–Trinajstić information content (AvgIpc) is 3.25. The number of carbonyl (C=O) groups is 1. The first-order valence-corrected chi connectivity index (χ1v) is 9.83. The van der Waals surface area contributed by atoms with E-state index in [-0.39, 0.29) is 11.9 Å². The van der Waals surface area contributed by atoms with Gasteiger partial charge in [0.05, 0.1) is 21.3 Å². The summed E-state index contributed by atoms with van der Waals surface area (Å²) in [6.45, 7) is 3.85. The van der Waals surface area contributed by atoms with Crippen molar-refractivity contribution in [3.8, 4) is 0 Å². The van der Waals surface area contributed by atoms with Gasteiger partial charge in [0, 0.05) is 31.4 Å². The minimum Gasteiger partial charge on any atom is -0.348 e. The molecule has 4 rings (SSSR count). The van der Waals surface area contributed by atoms with Gasteiger partial charge in [-0.05, 0) is 50.5 Å². The van der Waals surface area contributed by atoms with E-state index in [9.17, 15) is 4.79 Å². The Bertz CT molecular complexity index is 849. The molecule has 0 N–H and O–H groups in total. The van der Waals surface area contributed by atoms with E-state index in [0.29, 0.717) is 6.42 Å². The molecule has 0 bridgehead atoms. The predicted octanol–water partition coefficient (Wildman–Crippen LogP) is 4.41. The summed E-state index contributed by atoms with van der Waals surface area (Å²) < 4.78 is 3.50. The van der Waals surface area contributed by atoms with Gasteiger partial charge in [-0.1, -0.05) is 12.1 Å². The van der Waals surface area contributed by atoms with E-state index in [1.54, 1.807) is 11.3 Å². The fraction of sp³-hybridized carbons (Fsp3) is 0.400. The summed E-state index contributed by atoms with van der Waals surface area (Å²) in [4.78, 5) is 19.3. The van der Waals surface area contributed by atoms with Crippen LogP contribution in [0, 0.1) is 0 Å². The highest BCUT2D eigenvalue weighted by Gasteiger charge is 2.26. The number of thiazole rings is 1. The second-order valence-corrected chi connectivity index (χ2v) is 7.79. The highest BCUT2D eigenvalue weighted by atomic mass is 32.1. The summed E-state index contributed by atoms with van der Waals surface area (Å²) >= 11 is 1.77. The van der Waals surface area contributed by atoms with Gasteiger partial charge < -0.3 is 9.47 Å². The van der Waals surface area contributed by atoms with Crippen molar-refractivity contribution in [1.82, 2.24) is 14.5 Å². The number of fused-ring (bicyclic) bond motifs is 2. The van der Waals surface area contributed by atoms with E-state index < -0.39 is 0 Å². The number of unbranched alkanes of at least 4 members (excludes halogenated alkanes) is 1. The van der Waals surface area contributed by atoms with Crippen LogP contribution in [0.5, 0.6) is 0 Å². The second kappa shape index (κ2) is 7.00. The van der Waals surface area contributed by atoms with E-state index >= 15 is 0 Å². The highest BCUT2D eigenvalue weighted by molar-refractivity contribution is 7.18. The van der Waals surface area contributed by atoms with Gasteiger partial charge in [0.15, 0.2) is 0 Å². The van der Waals surface area contributed by atoms with E-state index in [2.05, 4.69) is 53.0 Å². The van der Waals surface area contributed by atoms with E-state index in [4.69, 9.17) is 0 Å². The third-order valence-corrected chi connectivity index (χ3v) is 6.13. The van der Waals surface area contributed by atoms with Crippen LogP contribution in [-0.2, 0) is 17.8 Å². The van der Waals surface area contributed by atoms with Crippen molar-refractivity contribution in [3.05, 3.63) is 53.3 Å². The molecule has 4 nitrogen and oxygen atoms in total. The molecule has 0 aliphatic carbocycles. The third kappa shape index (κ3) is 3.33. The number of benzene rings is 1. The second-order valence-electron chi connectivity index (χ2n) is 6.67. The standard InChI is InChI=1S/C20H23N3OS/c1-15-17-8-6-12-22(17)13-14-23(15)20(24)11-5-4-10-19-21-16-7-2-3-9-18(16)25-19/h2-3,6-9,12,15H,4-5,10-11,13-14H2,1H3. The molecule has 1 aliphatic heterocycles. The Morgan fingerprint density at radius 1 is 1.20 bits per heavy atom. The molecular weight excluding hydrogens is 330 g/mol. The maximum Gasteiger partial charge on any atom is 0.223 e. The molecular formula is C20H23N3OS. The van der Waals surface area contributed by atoms with Gasteiger partial charge in [-0.15, -0.1) is 11.3 Å². The number of nitrogens with zero attached hydrogens (tertiary/aromatic N) is 3. The Morgan fingerprint density at radius 2 is 2.08 bits per heavy atom. The van der Waals surface area contributed by atoms with Gasteiger partial charge in [0.2, 0.25) is 5.91 Å². The van der Waals surface area contributed by atoms with Crippen molar-refractivity contribution in [1.29, 1.82) is 0 Å². The zero-order valence-electron chi connectivity index (χ0n) is 14.5. The number of para-hydroxylation sites is 1. The lowest BCUT2D eigenvalue weighted by Crippen LogP contribution is -2.40. The largest absolute Gasteiger partial charge is 0.348 e. The first kappa shape index (κ1) is 16.3. The minimum absolute atomic E-state index is 0.181. The van der Waals surface area contributed by atoms with Crippen LogP contribution in [0.4, 0.5) is 0 Å². The summed E-state index contributed by atoms with van der Waals surface area (Å²) in [5, 5.41) is 1.18. The lowest BCUT2D eigenvalue weighted by molar-refractivity contribution is -0.134. The van der Waals surface area contributed by atoms with Crippen molar-refractivity contribution >= 4 is 27.5 Å². The predicted molar refractivity (Wildman–Crippen MR) is 102 cm³/mol. The molecule has 0 fully saturated rings. The fourth-order valence-corrected chi connectivity index (χ4v) is 4.65. The number of rotatable bonds is 5. The fourth-order valence-electron chi connectivity index (χ4n) is 3.64. The van der Waals surface area contributed by atoms with E-state index in [1.807, 2.05) is 11.0 Å². The average molecular weight is 353 g/mol. The molecule has 3 heterocycles. The summed E-state index contributed by atoms with van der Waals surface area (Å²) in [6, 6.07) is 12.6. The monoisotopic (exact) mass is 353 g/mol. The number of aromatic nitrogens is 2. The van der Waals surface area contributed by atoms with Crippen LogP contribution in [-0.4, -0.2) is 26.9 Å². The zero-order valence-corrected chi connectivity index (χ0v) is 15.3. The molecule has 5 heteroatoms. The maximum absolute atomic E-state index is 12.6. The summed E-state index contributed by atoms with van der Waals surface area (Å²) in [6.07, 6.45) is 5.65. The molecule has 1 aliphatic rings. The number of hydrogen-bond acceptors (Lipinski definition) is 3.